The van der Waals surface area contributed by atoms with Gasteiger partial charge < -0.3 is 4.42 Å². The molecular weight excluding hydrogens is 356 g/mol. The average Bonchev–Trinajstić information content (AvgIpc) is 3.10. The van der Waals surface area contributed by atoms with E-state index in [1.807, 2.05) is 12.1 Å². The highest BCUT2D eigenvalue weighted by molar-refractivity contribution is 6.08. The van der Waals surface area contributed by atoms with Gasteiger partial charge in [-0.2, -0.15) is 5.26 Å². The van der Waals surface area contributed by atoms with Gasteiger partial charge in [0.25, 0.3) is 0 Å². The minimum Gasteiger partial charge on any atom is -0.456 e. The Morgan fingerprint density at radius 2 is 1.86 bits per heavy atom. The van der Waals surface area contributed by atoms with Crippen molar-refractivity contribution in [3.05, 3.63) is 65.4 Å². The first-order valence-electron chi connectivity index (χ1n) is 10.5. The van der Waals surface area contributed by atoms with E-state index >= 15 is 0 Å². The van der Waals surface area contributed by atoms with Crippen LogP contribution < -0.4 is 4.57 Å². The first-order chi connectivity index (χ1) is 14.2. The maximum atomic E-state index is 9.76. The van der Waals surface area contributed by atoms with Crippen molar-refractivity contribution in [2.75, 3.05) is 0 Å². The molecule has 0 radical (unpaired) electrons. The number of pyridine rings is 1. The molecule has 5 rings (SSSR count). The van der Waals surface area contributed by atoms with Crippen LogP contribution >= 0.6 is 0 Å². The second-order valence-corrected chi connectivity index (χ2v) is 8.31. The van der Waals surface area contributed by atoms with Gasteiger partial charge in [0.15, 0.2) is 6.20 Å². The van der Waals surface area contributed by atoms with Gasteiger partial charge in [-0.15, -0.1) is 0 Å². The summed E-state index contributed by atoms with van der Waals surface area (Å²) in [5.74, 6) is 0.426. The van der Waals surface area contributed by atoms with Crippen LogP contribution in [-0.4, -0.2) is 0 Å². The largest absolute Gasteiger partial charge is 0.456 e. The molecule has 1 aliphatic carbocycles. The minimum atomic E-state index is 0.426. The smallest absolute Gasteiger partial charge is 0.212 e. The summed E-state index contributed by atoms with van der Waals surface area (Å²) < 4.78 is 8.57. The summed E-state index contributed by atoms with van der Waals surface area (Å²) in [6, 6.07) is 17.1. The van der Waals surface area contributed by atoms with Crippen molar-refractivity contribution < 1.29 is 8.98 Å². The predicted molar refractivity (Wildman–Crippen MR) is 116 cm³/mol. The monoisotopic (exact) mass is 381 g/mol. The molecule has 1 fully saturated rings. The fraction of sp³-hybridized carbons (Fsp3) is 0.308. The number of nitrogens with zero attached hydrogens (tertiary/aromatic N) is 2. The molecule has 4 aromatic rings. The summed E-state index contributed by atoms with van der Waals surface area (Å²) in [5.41, 5.74) is 7.32. The van der Waals surface area contributed by atoms with Gasteiger partial charge in [-0.25, -0.2) is 4.57 Å². The summed E-state index contributed by atoms with van der Waals surface area (Å²) in [6.45, 7) is 2.14. The lowest BCUT2D eigenvalue weighted by Crippen LogP contribution is -2.30. The third kappa shape index (κ3) is 2.91. The number of nitriles is 1. The molecule has 0 spiro atoms. The van der Waals surface area contributed by atoms with Gasteiger partial charge in [0.2, 0.25) is 5.69 Å². The van der Waals surface area contributed by atoms with Crippen molar-refractivity contribution in [2.45, 2.75) is 44.9 Å². The summed E-state index contributed by atoms with van der Waals surface area (Å²) in [5, 5.41) is 12.0. The van der Waals surface area contributed by atoms with Gasteiger partial charge in [-0.05, 0) is 61.6 Å². The van der Waals surface area contributed by atoms with Crippen LogP contribution in [0.1, 0.15) is 54.7 Å². The van der Waals surface area contributed by atoms with E-state index in [0.29, 0.717) is 5.92 Å². The lowest BCUT2D eigenvalue weighted by Gasteiger charge is -2.22. The maximum absolute atomic E-state index is 9.76. The van der Waals surface area contributed by atoms with Gasteiger partial charge >= 0.3 is 0 Å². The molecule has 3 heteroatoms. The molecule has 3 nitrogen and oxygen atoms in total. The summed E-state index contributed by atoms with van der Waals surface area (Å²) >= 11 is 0. The molecule has 0 N–H and O–H groups in total. The molecule has 0 unspecified atom stereocenters. The highest BCUT2D eigenvalue weighted by Gasteiger charge is 2.25. The molecule has 0 bridgehead atoms. The second kappa shape index (κ2) is 7.04. The SMILES string of the molecule is Cc1cc2oc3c(C4CCCCC4)c(C#N)ccc3c2cc1-c1cccc[n+]1C. The van der Waals surface area contributed by atoms with E-state index in [2.05, 4.69) is 61.1 Å². The molecule has 29 heavy (non-hydrogen) atoms. The van der Waals surface area contributed by atoms with Crippen LogP contribution in [-0.2, 0) is 7.05 Å². The number of fused-ring (bicyclic) bond motifs is 3. The zero-order valence-electron chi connectivity index (χ0n) is 17.0. The van der Waals surface area contributed by atoms with Crippen molar-refractivity contribution in [1.82, 2.24) is 0 Å². The number of aryl methyl sites for hydroxylation is 2. The Hall–Kier alpha value is -3.12. The third-order valence-electron chi connectivity index (χ3n) is 6.49. The third-order valence-corrected chi connectivity index (χ3v) is 6.49. The Morgan fingerprint density at radius 3 is 2.62 bits per heavy atom. The van der Waals surface area contributed by atoms with E-state index in [9.17, 15) is 5.26 Å². The minimum absolute atomic E-state index is 0.426. The zero-order chi connectivity index (χ0) is 20.0. The van der Waals surface area contributed by atoms with Crippen LogP contribution in [0.15, 0.2) is 53.1 Å². The molecule has 0 atom stereocenters. The van der Waals surface area contributed by atoms with Gasteiger partial charge in [0, 0.05) is 34.0 Å². The Labute approximate surface area is 171 Å². The number of aromatic nitrogens is 1. The van der Waals surface area contributed by atoms with E-state index in [0.717, 1.165) is 45.9 Å². The molecule has 1 aliphatic rings. The lowest BCUT2D eigenvalue weighted by atomic mass is 9.81. The maximum Gasteiger partial charge on any atom is 0.212 e. The van der Waals surface area contributed by atoms with E-state index in [4.69, 9.17) is 4.42 Å². The number of furan rings is 1. The fourth-order valence-electron chi connectivity index (χ4n) is 4.98. The van der Waals surface area contributed by atoms with E-state index < -0.39 is 0 Å². The number of hydrogen-bond donors (Lipinski definition) is 0. The van der Waals surface area contributed by atoms with Crippen LogP contribution in [0, 0.1) is 18.3 Å². The van der Waals surface area contributed by atoms with Crippen LogP contribution in [0.25, 0.3) is 33.2 Å². The Morgan fingerprint density at radius 1 is 1.03 bits per heavy atom. The number of hydrogen-bond acceptors (Lipinski definition) is 2. The fourth-order valence-corrected chi connectivity index (χ4v) is 4.98. The highest BCUT2D eigenvalue weighted by atomic mass is 16.3. The number of benzene rings is 2. The zero-order valence-corrected chi connectivity index (χ0v) is 17.0. The standard InChI is InChI=1S/C26H25N2O/c1-17-14-24-22(15-21(17)23-10-6-7-13-28(23)2)20-12-11-19(16-27)25(26(20)29-24)18-8-4-3-5-9-18/h6-7,10-15,18H,3-5,8-9H2,1-2H3/q+1. The van der Waals surface area contributed by atoms with Gasteiger partial charge in [0.1, 0.15) is 18.2 Å². The molecule has 1 saturated carbocycles. The van der Waals surface area contributed by atoms with Crippen LogP contribution in [0.4, 0.5) is 0 Å². The van der Waals surface area contributed by atoms with Crippen molar-refractivity contribution in [2.24, 2.45) is 7.05 Å². The van der Waals surface area contributed by atoms with Crippen molar-refractivity contribution in [3.63, 3.8) is 0 Å². The molecule has 2 heterocycles. The molecule has 0 amide bonds. The molecule has 144 valence electrons. The Bertz CT molecular complexity index is 1270. The molecule has 2 aromatic carbocycles. The topological polar surface area (TPSA) is 40.8 Å². The first kappa shape index (κ1) is 17.9. The summed E-state index contributed by atoms with van der Waals surface area (Å²) in [6.07, 6.45) is 8.14. The van der Waals surface area contributed by atoms with E-state index in [-0.39, 0.29) is 0 Å². The highest BCUT2D eigenvalue weighted by Crippen LogP contribution is 2.42. The van der Waals surface area contributed by atoms with Gasteiger partial charge in [-0.1, -0.05) is 19.3 Å². The lowest BCUT2D eigenvalue weighted by molar-refractivity contribution is -0.660. The Balaban J connectivity index is 1.78. The summed E-state index contributed by atoms with van der Waals surface area (Å²) in [4.78, 5) is 0. The average molecular weight is 381 g/mol. The second-order valence-electron chi connectivity index (χ2n) is 8.31. The molecule has 0 aliphatic heterocycles. The predicted octanol–water partition coefficient (Wildman–Crippen LogP) is 6.31. The van der Waals surface area contributed by atoms with Crippen molar-refractivity contribution >= 4 is 21.9 Å². The first-order valence-corrected chi connectivity index (χ1v) is 10.5. The van der Waals surface area contributed by atoms with Crippen LogP contribution in [0.5, 0.6) is 0 Å². The van der Waals surface area contributed by atoms with Crippen LogP contribution in [0.2, 0.25) is 0 Å². The Kier molecular flexibility index (Phi) is 4.36. The normalized spacial score (nSPS) is 15.1. The molecular formula is C26H25N2O+. The summed E-state index contributed by atoms with van der Waals surface area (Å²) in [7, 11) is 2.08. The van der Waals surface area contributed by atoms with Gasteiger partial charge in [0.05, 0.1) is 11.6 Å². The van der Waals surface area contributed by atoms with E-state index in [1.165, 1.54) is 36.1 Å². The van der Waals surface area contributed by atoms with Crippen molar-refractivity contribution in [1.29, 1.82) is 5.26 Å². The number of rotatable bonds is 2. The van der Waals surface area contributed by atoms with Crippen molar-refractivity contribution in [3.8, 4) is 17.3 Å². The molecule has 2 aromatic heterocycles. The molecule has 0 saturated heterocycles. The van der Waals surface area contributed by atoms with Gasteiger partial charge in [-0.3, -0.25) is 0 Å². The van der Waals surface area contributed by atoms with Crippen LogP contribution in [0.3, 0.4) is 0 Å². The quantitative estimate of drug-likeness (QED) is 0.382. The van der Waals surface area contributed by atoms with E-state index in [1.54, 1.807) is 0 Å².